The van der Waals surface area contributed by atoms with Gasteiger partial charge in [-0.25, -0.2) is 0 Å². The van der Waals surface area contributed by atoms with Gasteiger partial charge < -0.3 is 5.32 Å². The summed E-state index contributed by atoms with van der Waals surface area (Å²) in [5.41, 5.74) is 0. The van der Waals surface area contributed by atoms with Crippen molar-refractivity contribution >= 4 is 0 Å². The van der Waals surface area contributed by atoms with E-state index >= 15 is 0 Å². The summed E-state index contributed by atoms with van der Waals surface area (Å²) in [4.78, 5) is 0. The van der Waals surface area contributed by atoms with Crippen LogP contribution in [0.5, 0.6) is 0 Å². The maximum absolute atomic E-state index is 3.58. The smallest absolute Gasteiger partial charge is 0.00701 e. The van der Waals surface area contributed by atoms with Gasteiger partial charge in [-0.05, 0) is 44.1 Å². The molecule has 2 fully saturated rings. The summed E-state index contributed by atoms with van der Waals surface area (Å²) < 4.78 is 0. The van der Waals surface area contributed by atoms with Crippen molar-refractivity contribution in [3.63, 3.8) is 0 Å². The van der Waals surface area contributed by atoms with Crippen LogP contribution < -0.4 is 5.32 Å². The molecule has 1 saturated heterocycles. The Morgan fingerprint density at radius 2 is 1.92 bits per heavy atom. The first-order valence-electron chi connectivity index (χ1n) is 6.00. The molecule has 0 radical (unpaired) electrons. The van der Waals surface area contributed by atoms with E-state index < -0.39 is 0 Å². The van der Waals surface area contributed by atoms with E-state index in [4.69, 9.17) is 0 Å². The average Bonchev–Trinajstić information content (AvgIpc) is 2.51. The summed E-state index contributed by atoms with van der Waals surface area (Å²) in [7, 11) is 0. The number of rotatable bonds is 1. The highest BCUT2D eigenvalue weighted by molar-refractivity contribution is 4.87. The Morgan fingerprint density at radius 1 is 1.08 bits per heavy atom. The van der Waals surface area contributed by atoms with Gasteiger partial charge in [-0.15, -0.1) is 0 Å². The third-order valence-electron chi connectivity index (χ3n) is 4.17. The van der Waals surface area contributed by atoms with E-state index in [1.807, 2.05) is 0 Å². The van der Waals surface area contributed by atoms with Crippen LogP contribution in [0.1, 0.15) is 46.0 Å². The first-order valence-corrected chi connectivity index (χ1v) is 6.00. The van der Waals surface area contributed by atoms with Gasteiger partial charge in [0.25, 0.3) is 0 Å². The van der Waals surface area contributed by atoms with Crippen LogP contribution in [0.2, 0.25) is 0 Å². The van der Waals surface area contributed by atoms with E-state index in [0.717, 1.165) is 23.8 Å². The maximum atomic E-state index is 3.58. The molecule has 1 nitrogen and oxygen atoms in total. The molecular formula is C12H23N. The fourth-order valence-corrected chi connectivity index (χ4v) is 3.39. The molecule has 1 heterocycles. The van der Waals surface area contributed by atoms with E-state index in [0.29, 0.717) is 0 Å². The lowest BCUT2D eigenvalue weighted by molar-refractivity contribution is 0.195. The minimum absolute atomic E-state index is 0.787. The van der Waals surface area contributed by atoms with Crippen LogP contribution >= 0.6 is 0 Å². The van der Waals surface area contributed by atoms with Gasteiger partial charge >= 0.3 is 0 Å². The summed E-state index contributed by atoms with van der Waals surface area (Å²) in [6, 6.07) is 0.787. The molecule has 13 heavy (non-hydrogen) atoms. The quantitative estimate of drug-likeness (QED) is 0.656. The van der Waals surface area contributed by atoms with Crippen molar-refractivity contribution < 1.29 is 0 Å². The molecule has 2 rings (SSSR count). The van der Waals surface area contributed by atoms with Crippen LogP contribution in [-0.4, -0.2) is 12.6 Å². The molecule has 0 aromatic heterocycles. The Kier molecular flexibility index (Phi) is 2.92. The van der Waals surface area contributed by atoms with Crippen molar-refractivity contribution in [2.45, 2.75) is 52.0 Å². The predicted octanol–water partition coefficient (Wildman–Crippen LogP) is 2.81. The van der Waals surface area contributed by atoms with E-state index in [1.54, 1.807) is 0 Å². The highest BCUT2D eigenvalue weighted by Crippen LogP contribution is 2.37. The second-order valence-corrected chi connectivity index (χ2v) is 5.23. The summed E-state index contributed by atoms with van der Waals surface area (Å²) in [6.07, 6.45) is 7.39. The maximum Gasteiger partial charge on any atom is 0.00701 e. The predicted molar refractivity (Wildman–Crippen MR) is 56.7 cm³/mol. The van der Waals surface area contributed by atoms with Crippen LogP contribution in [0.15, 0.2) is 0 Å². The van der Waals surface area contributed by atoms with Crippen LogP contribution in [0.3, 0.4) is 0 Å². The zero-order valence-electron chi connectivity index (χ0n) is 9.05. The van der Waals surface area contributed by atoms with Crippen LogP contribution in [0, 0.1) is 17.8 Å². The van der Waals surface area contributed by atoms with Crippen molar-refractivity contribution in [3.8, 4) is 0 Å². The Bertz CT molecular complexity index is 167. The average molecular weight is 181 g/mol. The standard InChI is InChI=1S/C12H23N/c1-9-4-3-5-11(8-9)12-6-7-13-10(12)2/h9-13H,3-8H2,1-2H3. The molecule has 76 valence electrons. The van der Waals surface area contributed by atoms with Gasteiger partial charge in [0, 0.05) is 6.04 Å². The second kappa shape index (κ2) is 4.00. The van der Waals surface area contributed by atoms with Crippen molar-refractivity contribution in [1.82, 2.24) is 5.32 Å². The third-order valence-corrected chi connectivity index (χ3v) is 4.17. The first-order chi connectivity index (χ1) is 6.27. The Balaban J connectivity index is 1.91. The highest BCUT2D eigenvalue weighted by atomic mass is 14.9. The number of hydrogen-bond donors (Lipinski definition) is 1. The van der Waals surface area contributed by atoms with Gasteiger partial charge in [-0.2, -0.15) is 0 Å². The third kappa shape index (κ3) is 2.07. The van der Waals surface area contributed by atoms with Gasteiger partial charge in [0.15, 0.2) is 0 Å². The van der Waals surface area contributed by atoms with Crippen molar-refractivity contribution in [2.24, 2.45) is 17.8 Å². The van der Waals surface area contributed by atoms with Crippen molar-refractivity contribution in [1.29, 1.82) is 0 Å². The summed E-state index contributed by atoms with van der Waals surface area (Å²) >= 11 is 0. The fraction of sp³-hybridized carbons (Fsp3) is 1.00. The van der Waals surface area contributed by atoms with Gasteiger partial charge in [0.2, 0.25) is 0 Å². The van der Waals surface area contributed by atoms with Crippen molar-refractivity contribution in [2.75, 3.05) is 6.54 Å². The zero-order valence-corrected chi connectivity index (χ0v) is 9.05. The minimum Gasteiger partial charge on any atom is -0.314 e. The molecule has 0 bridgehead atoms. The van der Waals surface area contributed by atoms with Gasteiger partial charge in [-0.1, -0.05) is 26.2 Å². The lowest BCUT2D eigenvalue weighted by atomic mass is 9.73. The zero-order chi connectivity index (χ0) is 9.26. The van der Waals surface area contributed by atoms with Crippen molar-refractivity contribution in [3.05, 3.63) is 0 Å². The largest absolute Gasteiger partial charge is 0.314 e. The van der Waals surface area contributed by atoms with Gasteiger partial charge in [0.1, 0.15) is 0 Å². The summed E-state index contributed by atoms with van der Waals surface area (Å²) in [5, 5.41) is 3.58. The summed E-state index contributed by atoms with van der Waals surface area (Å²) in [6.45, 7) is 6.06. The van der Waals surface area contributed by atoms with Crippen LogP contribution in [-0.2, 0) is 0 Å². The lowest BCUT2D eigenvalue weighted by Gasteiger charge is -2.33. The molecule has 0 aromatic rings. The molecule has 2 aliphatic rings. The number of hydrogen-bond acceptors (Lipinski definition) is 1. The molecule has 1 saturated carbocycles. The summed E-state index contributed by atoms with van der Waals surface area (Å²) in [5.74, 6) is 3.02. The topological polar surface area (TPSA) is 12.0 Å². The molecule has 1 aliphatic carbocycles. The Hall–Kier alpha value is -0.0400. The fourth-order valence-electron chi connectivity index (χ4n) is 3.39. The Morgan fingerprint density at radius 3 is 2.54 bits per heavy atom. The molecule has 1 heteroatoms. The Labute approximate surface area is 82.3 Å². The normalized spacial score (nSPS) is 46.6. The molecule has 4 unspecified atom stereocenters. The van der Waals surface area contributed by atoms with E-state index in [2.05, 4.69) is 19.2 Å². The molecule has 1 aliphatic heterocycles. The molecular weight excluding hydrogens is 158 g/mol. The monoisotopic (exact) mass is 181 g/mol. The van der Waals surface area contributed by atoms with Gasteiger partial charge in [0.05, 0.1) is 0 Å². The second-order valence-electron chi connectivity index (χ2n) is 5.23. The minimum atomic E-state index is 0.787. The molecule has 0 amide bonds. The van der Waals surface area contributed by atoms with Crippen LogP contribution in [0.25, 0.3) is 0 Å². The SMILES string of the molecule is CC1CCCC(C2CCNC2C)C1. The van der Waals surface area contributed by atoms with Gasteiger partial charge in [-0.3, -0.25) is 0 Å². The molecule has 4 atom stereocenters. The highest BCUT2D eigenvalue weighted by Gasteiger charge is 2.32. The van der Waals surface area contributed by atoms with E-state index in [1.165, 1.54) is 38.6 Å². The van der Waals surface area contributed by atoms with Crippen LogP contribution in [0.4, 0.5) is 0 Å². The molecule has 0 spiro atoms. The lowest BCUT2D eigenvalue weighted by Crippen LogP contribution is -2.30. The van der Waals surface area contributed by atoms with E-state index in [-0.39, 0.29) is 0 Å². The first kappa shape index (κ1) is 9.51. The van der Waals surface area contributed by atoms with E-state index in [9.17, 15) is 0 Å². The number of nitrogens with one attached hydrogen (secondary N) is 1. The molecule has 1 N–H and O–H groups in total. The molecule has 0 aromatic carbocycles.